The van der Waals surface area contributed by atoms with Gasteiger partial charge in [-0.1, -0.05) is 0 Å². The van der Waals surface area contributed by atoms with Gasteiger partial charge < -0.3 is 0 Å². The number of H-pyrrole nitrogens is 1. The van der Waals surface area contributed by atoms with Gasteiger partial charge >= 0.3 is 0 Å². The standard InChI is InChI=1S/C8H7N5OS/c1-5-11-8(13-12-5)15-7-9-2-6(4-14)3-10-7/h2-4H,1H3,(H,11,12,13). The van der Waals surface area contributed by atoms with Crippen LogP contribution < -0.4 is 0 Å². The Labute approximate surface area is 89.6 Å². The van der Waals surface area contributed by atoms with Gasteiger partial charge in [0, 0.05) is 12.4 Å². The predicted molar refractivity (Wildman–Crippen MR) is 52.7 cm³/mol. The summed E-state index contributed by atoms with van der Waals surface area (Å²) < 4.78 is 0. The number of hydrogen-bond donors (Lipinski definition) is 1. The summed E-state index contributed by atoms with van der Waals surface area (Å²) in [7, 11) is 0. The van der Waals surface area contributed by atoms with Gasteiger partial charge in [0.25, 0.3) is 0 Å². The number of aryl methyl sites for hydroxylation is 1. The molecule has 2 rings (SSSR count). The zero-order valence-electron chi connectivity index (χ0n) is 7.84. The van der Waals surface area contributed by atoms with E-state index in [9.17, 15) is 4.79 Å². The van der Waals surface area contributed by atoms with Crippen molar-refractivity contribution in [3.05, 3.63) is 23.8 Å². The van der Waals surface area contributed by atoms with Gasteiger partial charge in [0.05, 0.1) is 5.56 Å². The van der Waals surface area contributed by atoms with Gasteiger partial charge in [0.2, 0.25) is 5.16 Å². The molecule has 0 amide bonds. The number of nitrogens with one attached hydrogen (secondary N) is 1. The molecule has 2 aromatic heterocycles. The lowest BCUT2D eigenvalue weighted by Crippen LogP contribution is -1.89. The smallest absolute Gasteiger partial charge is 0.216 e. The highest BCUT2D eigenvalue weighted by atomic mass is 32.2. The monoisotopic (exact) mass is 221 g/mol. The fraction of sp³-hybridized carbons (Fsp3) is 0.125. The molecule has 0 aliphatic rings. The van der Waals surface area contributed by atoms with E-state index in [1.54, 1.807) is 0 Å². The minimum Gasteiger partial charge on any atom is -0.298 e. The molecule has 1 N–H and O–H groups in total. The lowest BCUT2D eigenvalue weighted by molar-refractivity contribution is 0.112. The summed E-state index contributed by atoms with van der Waals surface area (Å²) in [5, 5.41) is 7.72. The van der Waals surface area contributed by atoms with Crippen LogP contribution in [0.5, 0.6) is 0 Å². The fourth-order valence-electron chi connectivity index (χ4n) is 0.889. The van der Waals surface area contributed by atoms with Crippen LogP contribution in [-0.2, 0) is 0 Å². The maximum Gasteiger partial charge on any atom is 0.216 e. The molecule has 0 atom stereocenters. The highest BCUT2D eigenvalue weighted by molar-refractivity contribution is 7.99. The van der Waals surface area contributed by atoms with Crippen molar-refractivity contribution in [2.24, 2.45) is 0 Å². The van der Waals surface area contributed by atoms with Gasteiger partial charge in [0.1, 0.15) is 5.82 Å². The molecule has 0 spiro atoms. The third-order valence-electron chi connectivity index (χ3n) is 1.54. The van der Waals surface area contributed by atoms with Crippen LogP contribution in [0.3, 0.4) is 0 Å². The van der Waals surface area contributed by atoms with Gasteiger partial charge in [-0.2, -0.15) is 0 Å². The predicted octanol–water partition coefficient (Wildman–Crippen LogP) is 0.867. The molecule has 7 heteroatoms. The molecule has 0 saturated heterocycles. The first-order valence-corrected chi connectivity index (χ1v) is 4.93. The van der Waals surface area contributed by atoms with Crippen molar-refractivity contribution in [3.8, 4) is 0 Å². The van der Waals surface area contributed by atoms with E-state index in [4.69, 9.17) is 0 Å². The first-order chi connectivity index (χ1) is 7.28. The van der Waals surface area contributed by atoms with E-state index in [1.807, 2.05) is 6.92 Å². The first-order valence-electron chi connectivity index (χ1n) is 4.12. The van der Waals surface area contributed by atoms with Crippen molar-refractivity contribution in [3.63, 3.8) is 0 Å². The summed E-state index contributed by atoms with van der Waals surface area (Å²) in [5.41, 5.74) is 0.450. The van der Waals surface area contributed by atoms with E-state index in [0.717, 1.165) is 5.82 Å². The van der Waals surface area contributed by atoms with E-state index >= 15 is 0 Å². The van der Waals surface area contributed by atoms with Crippen molar-refractivity contribution >= 4 is 18.0 Å². The molecule has 0 radical (unpaired) electrons. The number of aldehydes is 1. The molecular formula is C8H7N5OS. The number of aromatic amines is 1. The summed E-state index contributed by atoms with van der Waals surface area (Å²) in [6.07, 6.45) is 3.62. The molecule has 2 heterocycles. The second kappa shape index (κ2) is 4.18. The minimum absolute atomic E-state index is 0.450. The number of rotatable bonds is 3. The molecule has 0 saturated carbocycles. The molecule has 0 aliphatic carbocycles. The Morgan fingerprint density at radius 3 is 2.60 bits per heavy atom. The number of carbonyl (C=O) groups excluding carboxylic acids is 1. The van der Waals surface area contributed by atoms with Crippen molar-refractivity contribution in [2.45, 2.75) is 17.2 Å². The lowest BCUT2D eigenvalue weighted by atomic mass is 10.4. The van der Waals surface area contributed by atoms with Crippen LogP contribution in [0, 0.1) is 6.92 Å². The number of nitrogens with zero attached hydrogens (tertiary/aromatic N) is 4. The highest BCUT2D eigenvalue weighted by Crippen LogP contribution is 2.19. The van der Waals surface area contributed by atoms with Crippen LogP contribution in [-0.4, -0.2) is 31.4 Å². The summed E-state index contributed by atoms with van der Waals surface area (Å²) >= 11 is 1.24. The maximum atomic E-state index is 10.4. The zero-order valence-corrected chi connectivity index (χ0v) is 8.65. The first kappa shape index (κ1) is 9.78. The Kier molecular flexibility index (Phi) is 2.72. The molecule has 76 valence electrons. The SMILES string of the molecule is Cc1nc(Sc2ncc(C=O)cn2)n[nH]1. The topological polar surface area (TPSA) is 84.4 Å². The van der Waals surface area contributed by atoms with Crippen LogP contribution >= 0.6 is 11.8 Å². The number of hydrogen-bond acceptors (Lipinski definition) is 6. The molecule has 6 nitrogen and oxygen atoms in total. The molecule has 0 aliphatic heterocycles. The second-order valence-electron chi connectivity index (χ2n) is 2.72. The Balaban J connectivity index is 2.14. The van der Waals surface area contributed by atoms with Gasteiger partial charge in [-0.15, -0.1) is 5.10 Å². The normalized spacial score (nSPS) is 10.2. The quantitative estimate of drug-likeness (QED) is 0.611. The van der Waals surface area contributed by atoms with Crippen molar-refractivity contribution in [1.29, 1.82) is 0 Å². The van der Waals surface area contributed by atoms with E-state index in [-0.39, 0.29) is 0 Å². The van der Waals surface area contributed by atoms with Crippen LogP contribution in [0.4, 0.5) is 0 Å². The van der Waals surface area contributed by atoms with Crippen molar-refractivity contribution in [2.75, 3.05) is 0 Å². The third kappa shape index (κ3) is 2.38. The Morgan fingerprint density at radius 1 is 1.33 bits per heavy atom. The molecule has 0 aromatic carbocycles. The summed E-state index contributed by atoms with van der Waals surface area (Å²) in [5.74, 6) is 0.738. The second-order valence-corrected chi connectivity index (χ2v) is 3.66. The van der Waals surface area contributed by atoms with E-state index in [1.165, 1.54) is 24.2 Å². The van der Waals surface area contributed by atoms with Crippen LogP contribution in [0.2, 0.25) is 0 Å². The largest absolute Gasteiger partial charge is 0.298 e. The average molecular weight is 221 g/mol. The zero-order chi connectivity index (χ0) is 10.7. The molecule has 0 fully saturated rings. The van der Waals surface area contributed by atoms with Gasteiger partial charge in [-0.3, -0.25) is 9.89 Å². The summed E-state index contributed by atoms with van der Waals surface area (Å²) in [6.45, 7) is 1.81. The summed E-state index contributed by atoms with van der Waals surface area (Å²) in [4.78, 5) is 22.4. The highest BCUT2D eigenvalue weighted by Gasteiger charge is 2.04. The van der Waals surface area contributed by atoms with E-state index in [0.29, 0.717) is 22.2 Å². The molecule has 15 heavy (non-hydrogen) atoms. The maximum absolute atomic E-state index is 10.4. The van der Waals surface area contributed by atoms with Crippen LogP contribution in [0.25, 0.3) is 0 Å². The van der Waals surface area contributed by atoms with Gasteiger partial charge in [0.15, 0.2) is 11.4 Å². The van der Waals surface area contributed by atoms with E-state index < -0.39 is 0 Å². The number of aromatic nitrogens is 5. The van der Waals surface area contributed by atoms with Crippen molar-refractivity contribution < 1.29 is 4.79 Å². The molecule has 2 aromatic rings. The Bertz CT molecular complexity index is 466. The molecule has 0 unspecified atom stereocenters. The number of carbonyl (C=O) groups is 1. The van der Waals surface area contributed by atoms with E-state index in [2.05, 4.69) is 25.1 Å². The van der Waals surface area contributed by atoms with Gasteiger partial charge in [-0.05, 0) is 18.7 Å². The molecular weight excluding hydrogens is 214 g/mol. The lowest BCUT2D eigenvalue weighted by Gasteiger charge is -1.94. The minimum atomic E-state index is 0.450. The Morgan fingerprint density at radius 2 is 2.07 bits per heavy atom. The fourth-order valence-corrected chi connectivity index (χ4v) is 1.54. The van der Waals surface area contributed by atoms with Crippen LogP contribution in [0.1, 0.15) is 16.2 Å². The summed E-state index contributed by atoms with van der Waals surface area (Å²) in [6, 6.07) is 0. The van der Waals surface area contributed by atoms with Crippen LogP contribution in [0.15, 0.2) is 22.7 Å². The Hall–Kier alpha value is -1.76. The van der Waals surface area contributed by atoms with Crippen molar-refractivity contribution in [1.82, 2.24) is 25.1 Å². The third-order valence-corrected chi connectivity index (χ3v) is 2.30. The molecule has 0 bridgehead atoms. The van der Waals surface area contributed by atoms with Gasteiger partial charge in [-0.25, -0.2) is 15.0 Å². The average Bonchev–Trinajstić information content (AvgIpc) is 2.65.